The first-order valence-electron chi connectivity index (χ1n) is 8.91. The van der Waals surface area contributed by atoms with Crippen LogP contribution in [0.15, 0.2) is 48.5 Å². The minimum absolute atomic E-state index is 0.133. The Kier molecular flexibility index (Phi) is 5.51. The number of aryl methyl sites for hydroxylation is 1. The van der Waals surface area contributed by atoms with Crippen molar-refractivity contribution >= 4 is 21.6 Å². The van der Waals surface area contributed by atoms with E-state index in [-0.39, 0.29) is 11.7 Å². The normalized spacial score (nSPS) is 17.7. The maximum Gasteiger partial charge on any atom is 0.244 e. The topological polar surface area (TPSA) is 66.5 Å². The van der Waals surface area contributed by atoms with Gasteiger partial charge in [0.1, 0.15) is 11.9 Å². The first-order chi connectivity index (χ1) is 12.8. The predicted molar refractivity (Wildman–Crippen MR) is 103 cm³/mol. The Morgan fingerprint density at radius 3 is 2.56 bits per heavy atom. The Bertz CT molecular complexity index is 946. The molecule has 2 atom stereocenters. The van der Waals surface area contributed by atoms with Crippen molar-refractivity contribution in [3.05, 3.63) is 65.5 Å². The van der Waals surface area contributed by atoms with Crippen molar-refractivity contribution in [2.75, 3.05) is 10.6 Å². The number of halogens is 1. The molecule has 0 unspecified atom stereocenters. The van der Waals surface area contributed by atoms with Crippen LogP contribution in [-0.2, 0) is 21.2 Å². The molecule has 0 radical (unpaired) electrons. The number of carbonyl (C=O) groups is 1. The molecular weight excluding hydrogens is 367 g/mol. The van der Waals surface area contributed by atoms with E-state index in [0.29, 0.717) is 0 Å². The number of amides is 1. The van der Waals surface area contributed by atoms with Crippen LogP contribution in [0.5, 0.6) is 0 Å². The lowest BCUT2D eigenvalue weighted by Gasteiger charge is -2.31. The first-order valence-corrected chi connectivity index (χ1v) is 10.8. The zero-order valence-electron chi connectivity index (χ0n) is 15.4. The highest BCUT2D eigenvalue weighted by Gasteiger charge is 2.32. The van der Waals surface area contributed by atoms with Gasteiger partial charge in [0, 0.05) is 0 Å². The van der Waals surface area contributed by atoms with Gasteiger partial charge in [-0.2, -0.15) is 0 Å². The summed E-state index contributed by atoms with van der Waals surface area (Å²) in [6, 6.07) is 12.2. The minimum atomic E-state index is -3.85. The quantitative estimate of drug-likeness (QED) is 0.853. The lowest BCUT2D eigenvalue weighted by Crippen LogP contribution is -2.49. The van der Waals surface area contributed by atoms with E-state index >= 15 is 0 Å². The molecule has 144 valence electrons. The van der Waals surface area contributed by atoms with Crippen LogP contribution in [0.1, 0.15) is 36.9 Å². The van der Waals surface area contributed by atoms with Crippen molar-refractivity contribution in [3.63, 3.8) is 0 Å². The molecule has 0 saturated carbocycles. The molecule has 5 nitrogen and oxygen atoms in total. The maximum atomic E-state index is 14.2. The van der Waals surface area contributed by atoms with Crippen LogP contribution >= 0.6 is 0 Å². The number of fused-ring (bicyclic) bond motifs is 1. The van der Waals surface area contributed by atoms with Crippen LogP contribution in [0.3, 0.4) is 0 Å². The van der Waals surface area contributed by atoms with E-state index < -0.39 is 27.8 Å². The number of nitrogens with one attached hydrogen (secondary N) is 1. The Balaban J connectivity index is 1.86. The average molecular weight is 390 g/mol. The number of para-hydroxylation sites is 1. The number of hydrogen-bond donors (Lipinski definition) is 1. The molecule has 2 aromatic carbocycles. The van der Waals surface area contributed by atoms with Crippen molar-refractivity contribution in [1.29, 1.82) is 0 Å². The summed E-state index contributed by atoms with van der Waals surface area (Å²) in [6.07, 6.45) is 3.66. The molecule has 1 aliphatic rings. The monoisotopic (exact) mass is 390 g/mol. The molecule has 0 aliphatic heterocycles. The van der Waals surface area contributed by atoms with Gasteiger partial charge in [-0.15, -0.1) is 0 Å². The standard InChI is InChI=1S/C20H23FN2O3S/c1-14(23(27(2,25)26)19-13-6-5-11-17(19)21)20(24)22-18-12-7-9-15-8-3-4-10-16(15)18/h3-6,8,10-11,13-14,18H,7,9,12H2,1-2H3,(H,22,24)/t14-,18-/m0/s1. The number of rotatable bonds is 5. The molecule has 1 amide bonds. The summed E-state index contributed by atoms with van der Waals surface area (Å²) >= 11 is 0. The van der Waals surface area contributed by atoms with Crippen LogP contribution in [0, 0.1) is 5.82 Å². The van der Waals surface area contributed by atoms with Crippen molar-refractivity contribution in [3.8, 4) is 0 Å². The fourth-order valence-electron chi connectivity index (χ4n) is 3.61. The number of carbonyl (C=O) groups excluding carboxylic acids is 1. The van der Waals surface area contributed by atoms with E-state index in [0.717, 1.165) is 35.4 Å². The molecule has 3 rings (SSSR count). The summed E-state index contributed by atoms with van der Waals surface area (Å²) < 4.78 is 39.7. The highest BCUT2D eigenvalue weighted by atomic mass is 32.2. The zero-order valence-corrected chi connectivity index (χ0v) is 16.2. The van der Waals surface area contributed by atoms with Gasteiger partial charge >= 0.3 is 0 Å². The third-order valence-electron chi connectivity index (χ3n) is 4.86. The summed E-state index contributed by atoms with van der Waals surface area (Å²) in [4.78, 5) is 12.9. The molecule has 0 heterocycles. The van der Waals surface area contributed by atoms with Crippen molar-refractivity contribution in [1.82, 2.24) is 5.32 Å². The number of nitrogens with zero attached hydrogens (tertiary/aromatic N) is 1. The second-order valence-corrected chi connectivity index (χ2v) is 8.70. The SMILES string of the molecule is C[C@@H](C(=O)N[C@H]1CCCc2ccccc21)N(c1ccccc1F)S(C)(=O)=O. The maximum absolute atomic E-state index is 14.2. The summed E-state index contributed by atoms with van der Waals surface area (Å²) in [5, 5.41) is 2.95. The van der Waals surface area contributed by atoms with Crippen LogP contribution in [0.2, 0.25) is 0 Å². The second-order valence-electron chi connectivity index (χ2n) is 6.84. The van der Waals surface area contributed by atoms with Gasteiger partial charge in [-0.05, 0) is 49.4 Å². The molecule has 27 heavy (non-hydrogen) atoms. The molecule has 0 bridgehead atoms. The number of sulfonamides is 1. The fourth-order valence-corrected chi connectivity index (χ4v) is 4.78. The Morgan fingerprint density at radius 2 is 1.85 bits per heavy atom. The van der Waals surface area contributed by atoms with Gasteiger partial charge in [0.15, 0.2) is 0 Å². The third-order valence-corrected chi connectivity index (χ3v) is 6.09. The number of benzene rings is 2. The molecule has 0 spiro atoms. The molecule has 1 aliphatic carbocycles. The van der Waals surface area contributed by atoms with E-state index in [2.05, 4.69) is 5.32 Å². The van der Waals surface area contributed by atoms with E-state index in [1.807, 2.05) is 24.3 Å². The Morgan fingerprint density at radius 1 is 1.19 bits per heavy atom. The van der Waals surface area contributed by atoms with E-state index in [1.165, 1.54) is 30.7 Å². The van der Waals surface area contributed by atoms with E-state index in [4.69, 9.17) is 0 Å². The first kappa shape index (κ1) is 19.4. The van der Waals surface area contributed by atoms with E-state index in [9.17, 15) is 17.6 Å². The van der Waals surface area contributed by atoms with Gasteiger partial charge in [-0.3, -0.25) is 9.10 Å². The van der Waals surface area contributed by atoms with Crippen LogP contribution in [0.25, 0.3) is 0 Å². The van der Waals surface area contributed by atoms with Gasteiger partial charge in [0.05, 0.1) is 18.0 Å². The highest BCUT2D eigenvalue weighted by Crippen LogP contribution is 2.30. The van der Waals surface area contributed by atoms with E-state index in [1.54, 1.807) is 6.07 Å². The smallest absolute Gasteiger partial charge is 0.244 e. The van der Waals surface area contributed by atoms with Crippen LogP contribution in [-0.4, -0.2) is 26.6 Å². The van der Waals surface area contributed by atoms with Crippen molar-refractivity contribution in [2.45, 2.75) is 38.3 Å². The zero-order chi connectivity index (χ0) is 19.6. The third kappa shape index (κ3) is 4.13. The summed E-state index contributed by atoms with van der Waals surface area (Å²) in [6.45, 7) is 1.47. The molecular formula is C20H23FN2O3S. The molecule has 0 saturated heterocycles. The Hall–Kier alpha value is -2.41. The number of anilines is 1. The average Bonchev–Trinajstić information content (AvgIpc) is 2.62. The van der Waals surface area contributed by atoms with Crippen LogP contribution < -0.4 is 9.62 Å². The molecule has 1 N–H and O–H groups in total. The highest BCUT2D eigenvalue weighted by molar-refractivity contribution is 7.92. The lowest BCUT2D eigenvalue weighted by atomic mass is 9.87. The molecule has 0 fully saturated rings. The van der Waals surface area contributed by atoms with Crippen LogP contribution in [0.4, 0.5) is 10.1 Å². The summed E-state index contributed by atoms with van der Waals surface area (Å²) in [7, 11) is -3.85. The Labute approximate surface area is 159 Å². The molecule has 7 heteroatoms. The van der Waals surface area contributed by atoms with Gasteiger partial charge in [0.25, 0.3) is 0 Å². The molecule has 2 aromatic rings. The minimum Gasteiger partial charge on any atom is -0.347 e. The second kappa shape index (κ2) is 7.68. The summed E-state index contributed by atoms with van der Waals surface area (Å²) in [5.74, 6) is -1.14. The van der Waals surface area contributed by atoms with Gasteiger partial charge in [-0.25, -0.2) is 12.8 Å². The molecule has 0 aromatic heterocycles. The van der Waals surface area contributed by atoms with Gasteiger partial charge in [-0.1, -0.05) is 36.4 Å². The van der Waals surface area contributed by atoms with Crippen molar-refractivity contribution < 1.29 is 17.6 Å². The number of hydrogen-bond acceptors (Lipinski definition) is 3. The largest absolute Gasteiger partial charge is 0.347 e. The summed E-state index contributed by atoms with van der Waals surface area (Å²) in [5.41, 5.74) is 2.11. The van der Waals surface area contributed by atoms with Gasteiger partial charge < -0.3 is 5.32 Å². The van der Waals surface area contributed by atoms with Gasteiger partial charge in [0.2, 0.25) is 15.9 Å². The fraction of sp³-hybridized carbons (Fsp3) is 0.350. The predicted octanol–water partition coefficient (Wildman–Crippen LogP) is 3.17. The lowest BCUT2D eigenvalue weighted by molar-refractivity contribution is -0.122. The van der Waals surface area contributed by atoms with Crippen molar-refractivity contribution in [2.24, 2.45) is 0 Å².